The number of nitrogens with zero attached hydrogens (tertiary/aromatic N) is 2. The molecule has 1 aromatic heterocycles. The first-order chi connectivity index (χ1) is 21.4. The highest BCUT2D eigenvalue weighted by Crippen LogP contribution is 2.38. The van der Waals surface area contributed by atoms with Crippen molar-refractivity contribution in [2.75, 3.05) is 26.2 Å². The number of carbonyl (C=O) groups excluding carboxylic acids is 1. The van der Waals surface area contributed by atoms with Crippen LogP contribution in [0, 0.1) is 0 Å². The molecule has 1 aliphatic rings. The molecule has 0 radical (unpaired) electrons. The topological polar surface area (TPSA) is 115 Å². The van der Waals surface area contributed by atoms with Crippen molar-refractivity contribution in [3.05, 3.63) is 87.8 Å². The summed E-state index contributed by atoms with van der Waals surface area (Å²) in [5.74, 6) is -2.01. The minimum atomic E-state index is -5.25. The maximum atomic E-state index is 13.7. The second-order valence-corrected chi connectivity index (χ2v) is 12.3. The van der Waals surface area contributed by atoms with Crippen LogP contribution in [0.25, 0.3) is 6.08 Å². The van der Waals surface area contributed by atoms with E-state index in [0.717, 1.165) is 25.2 Å². The molecule has 1 amide bonds. The van der Waals surface area contributed by atoms with Gasteiger partial charge in [-0.2, -0.15) is 26.3 Å². The zero-order chi connectivity index (χ0) is 34.4. The van der Waals surface area contributed by atoms with Crippen molar-refractivity contribution in [1.82, 2.24) is 15.2 Å². The number of aliphatic imine (C=N–C) groups is 1. The Morgan fingerprint density at radius 2 is 1.70 bits per heavy atom. The van der Waals surface area contributed by atoms with Crippen LogP contribution in [-0.4, -0.2) is 61.2 Å². The van der Waals surface area contributed by atoms with E-state index in [0.29, 0.717) is 47.8 Å². The number of allylic oxidation sites excluding steroid dienone is 1. The van der Waals surface area contributed by atoms with Crippen LogP contribution in [0.4, 0.5) is 26.3 Å². The van der Waals surface area contributed by atoms with E-state index in [1.54, 1.807) is 13.8 Å². The van der Waals surface area contributed by atoms with Gasteiger partial charge in [0.2, 0.25) is 0 Å². The van der Waals surface area contributed by atoms with Crippen LogP contribution in [0.2, 0.25) is 0 Å². The predicted octanol–water partition coefficient (Wildman–Crippen LogP) is 6.45. The van der Waals surface area contributed by atoms with E-state index < -0.39 is 55.4 Å². The maximum absolute atomic E-state index is 13.7. The van der Waals surface area contributed by atoms with Gasteiger partial charge < -0.3 is 20.3 Å². The zero-order valence-electron chi connectivity index (χ0n) is 25.5. The minimum absolute atomic E-state index is 0.0206. The molecule has 2 heterocycles. The van der Waals surface area contributed by atoms with Crippen LogP contribution < -0.4 is 5.32 Å². The minimum Gasteiger partial charge on any atom is -0.494 e. The lowest BCUT2D eigenvalue weighted by Gasteiger charge is -2.18. The second kappa shape index (κ2) is 14.5. The Morgan fingerprint density at radius 1 is 1.02 bits per heavy atom. The average molecular weight is 673 g/mol. The first-order valence-electron chi connectivity index (χ1n) is 14.1. The fourth-order valence-corrected chi connectivity index (χ4v) is 6.10. The molecule has 0 fully saturated rings. The molecule has 0 unspecified atom stereocenters. The smallest absolute Gasteiger partial charge is 0.416 e. The number of aromatic hydroxyl groups is 1. The highest BCUT2D eigenvalue weighted by Gasteiger charge is 2.39. The Labute approximate surface area is 262 Å². The molecule has 0 aliphatic carbocycles. The van der Waals surface area contributed by atoms with Crippen LogP contribution in [0.3, 0.4) is 0 Å². The summed E-state index contributed by atoms with van der Waals surface area (Å²) in [5, 5.41) is 13.5. The fourth-order valence-electron chi connectivity index (χ4n) is 4.71. The van der Waals surface area contributed by atoms with Crippen LogP contribution >= 0.6 is 0 Å². The number of aromatic amines is 1. The summed E-state index contributed by atoms with van der Waals surface area (Å²) in [7, 11) is -4.55. The van der Waals surface area contributed by atoms with Crippen molar-refractivity contribution in [1.29, 1.82) is 0 Å². The molecule has 1 aromatic carbocycles. The van der Waals surface area contributed by atoms with E-state index in [1.807, 2.05) is 13.8 Å². The number of aromatic nitrogens is 1. The molecule has 0 saturated carbocycles. The number of sulfone groups is 1. The van der Waals surface area contributed by atoms with Gasteiger partial charge in [-0.25, -0.2) is 8.42 Å². The molecule has 15 heteroatoms. The van der Waals surface area contributed by atoms with E-state index in [-0.39, 0.29) is 17.5 Å². The molecule has 46 heavy (non-hydrogen) atoms. The van der Waals surface area contributed by atoms with E-state index in [1.165, 1.54) is 24.4 Å². The van der Waals surface area contributed by atoms with Gasteiger partial charge in [0.1, 0.15) is 0 Å². The molecule has 250 valence electrons. The summed E-state index contributed by atoms with van der Waals surface area (Å²) in [6, 6.07) is 5.23. The van der Waals surface area contributed by atoms with Gasteiger partial charge >= 0.3 is 12.4 Å². The van der Waals surface area contributed by atoms with E-state index in [2.05, 4.69) is 20.2 Å². The number of nitrogens with one attached hydrogen (secondary N) is 2. The summed E-state index contributed by atoms with van der Waals surface area (Å²) in [5.41, 5.74) is -2.57. The number of H-pyrrole nitrogens is 1. The van der Waals surface area contributed by atoms with Crippen molar-refractivity contribution in [3.63, 3.8) is 0 Å². The van der Waals surface area contributed by atoms with Crippen molar-refractivity contribution in [3.8, 4) is 5.88 Å². The van der Waals surface area contributed by atoms with Crippen LogP contribution in [0.5, 0.6) is 5.88 Å². The molecule has 3 rings (SSSR count). The van der Waals surface area contributed by atoms with Gasteiger partial charge in [0.05, 0.1) is 38.8 Å². The number of hydrogen-bond acceptors (Lipinski definition) is 6. The molecule has 8 nitrogen and oxygen atoms in total. The number of halogens is 6. The third-order valence-corrected chi connectivity index (χ3v) is 8.94. The Morgan fingerprint density at radius 3 is 2.30 bits per heavy atom. The summed E-state index contributed by atoms with van der Waals surface area (Å²) < 4.78 is 107. The number of benzene rings is 1. The highest BCUT2D eigenvalue weighted by molar-refractivity contribution is 7.90. The van der Waals surface area contributed by atoms with Crippen molar-refractivity contribution in [2.24, 2.45) is 4.99 Å². The molecule has 2 aromatic rings. The van der Waals surface area contributed by atoms with Crippen molar-refractivity contribution in [2.45, 2.75) is 50.7 Å². The monoisotopic (exact) mass is 672 g/mol. The predicted molar refractivity (Wildman–Crippen MR) is 162 cm³/mol. The average Bonchev–Trinajstić information content (AvgIpc) is 3.28. The zero-order valence-corrected chi connectivity index (χ0v) is 26.3. The largest absolute Gasteiger partial charge is 0.494 e. The molecule has 0 bridgehead atoms. The SMILES string of the molecule is CCN(CC)CCNC(=O)C1=C(C)/C(=C/c2ccc(S(=O)(=O)Cc3ccc(C(F)(F)F)cc3C(F)(F)F)ccc[nH]c2O)N=C1C. The third kappa shape index (κ3) is 9.00. The Hall–Kier alpha value is -4.11. The lowest BCUT2D eigenvalue weighted by molar-refractivity contribution is -0.143. The second-order valence-electron chi connectivity index (χ2n) is 10.3. The quantitative estimate of drug-likeness (QED) is 0.251. The van der Waals surface area contributed by atoms with Crippen molar-refractivity contribution >= 4 is 27.5 Å². The molecule has 1 aliphatic heterocycles. The number of carbonyl (C=O) groups is 1. The molecule has 3 N–H and O–H groups in total. The standard InChI is InChI=1S/C31H34F6N4O4S/c1-5-41(6-2)15-14-39-29(43)27-19(3)26(40-20(27)4)16-21-10-12-24(8-7-13-38-28(21)42)46(44,45)18-22-9-11-23(30(32,33)34)17-25(22)31(35,36)37/h7-13,16-17,38,42H,5-6,14-15,18H2,1-4H3,(H,39,43)/b12-10?,13-7?,24-8?,26-16-,28-21?. The Bertz CT molecular complexity index is 1720. The first-order valence-corrected chi connectivity index (χ1v) is 15.8. The molecule has 0 atom stereocenters. The Kier molecular flexibility index (Phi) is 11.5. The fraction of sp³-hybridized carbons (Fsp3) is 0.355. The van der Waals surface area contributed by atoms with Crippen LogP contribution in [-0.2, 0) is 32.7 Å². The van der Waals surface area contributed by atoms with Gasteiger partial charge in [-0.15, -0.1) is 0 Å². The number of rotatable bonds is 10. The summed E-state index contributed by atoms with van der Waals surface area (Å²) in [6.45, 7) is 10.1. The van der Waals surface area contributed by atoms with Gasteiger partial charge in [-0.1, -0.05) is 19.9 Å². The van der Waals surface area contributed by atoms with Crippen molar-refractivity contribution < 1.29 is 44.7 Å². The van der Waals surface area contributed by atoms with Crippen LogP contribution in [0.15, 0.2) is 75.4 Å². The lowest BCUT2D eigenvalue weighted by atomic mass is 10.0. The summed E-state index contributed by atoms with van der Waals surface area (Å²) in [6.07, 6.45) is -7.74. The van der Waals surface area contributed by atoms with Gasteiger partial charge in [-0.3, -0.25) is 9.79 Å². The summed E-state index contributed by atoms with van der Waals surface area (Å²) in [4.78, 5) is 21.6. The number of amides is 1. The van der Waals surface area contributed by atoms with E-state index >= 15 is 0 Å². The Balaban J connectivity index is 1.99. The third-order valence-electron chi connectivity index (χ3n) is 7.26. The highest BCUT2D eigenvalue weighted by atomic mass is 32.2. The maximum Gasteiger partial charge on any atom is 0.416 e. The van der Waals surface area contributed by atoms with Gasteiger partial charge in [0.15, 0.2) is 15.7 Å². The number of hydrogen-bond donors (Lipinski definition) is 3. The van der Waals surface area contributed by atoms with Crippen LogP contribution in [0.1, 0.15) is 49.9 Å². The molecule has 0 spiro atoms. The van der Waals surface area contributed by atoms with Gasteiger partial charge in [0.25, 0.3) is 5.91 Å². The first kappa shape index (κ1) is 36.4. The van der Waals surface area contributed by atoms with Gasteiger partial charge in [0, 0.05) is 24.8 Å². The molecule has 0 saturated heterocycles. The molecular weight excluding hydrogens is 638 g/mol. The van der Waals surface area contributed by atoms with Gasteiger partial charge in [-0.05, 0) is 80.5 Å². The lowest BCUT2D eigenvalue weighted by Crippen LogP contribution is -2.36. The van der Waals surface area contributed by atoms with E-state index in [9.17, 15) is 44.7 Å². The normalized spacial score (nSPS) is 14.9. The molecular formula is C31H34F6N4O4S. The number of alkyl halides is 6. The number of likely N-dealkylation sites (N-methyl/N-ethyl adjacent to an activating group) is 1. The summed E-state index contributed by atoms with van der Waals surface area (Å²) >= 11 is 0. The van der Waals surface area contributed by atoms with E-state index in [4.69, 9.17) is 0 Å².